The van der Waals surface area contributed by atoms with Gasteiger partial charge in [0.05, 0.1) is 12.2 Å². The fourth-order valence-corrected chi connectivity index (χ4v) is 2.87. The Morgan fingerprint density at radius 2 is 2.19 bits per heavy atom. The number of hydrogen-bond donors (Lipinski definition) is 0. The first-order valence-corrected chi connectivity index (χ1v) is 7.89. The van der Waals surface area contributed by atoms with Crippen LogP contribution in [0.2, 0.25) is 0 Å². The lowest BCUT2D eigenvalue weighted by molar-refractivity contribution is 0.203. The molecule has 1 aromatic rings. The fraction of sp³-hybridized carbons (Fsp3) is 0.647. The largest absolute Gasteiger partial charge is 0.383 e. The minimum atomic E-state index is 0.349. The summed E-state index contributed by atoms with van der Waals surface area (Å²) in [6.45, 7) is 5.76. The lowest BCUT2D eigenvalue weighted by Gasteiger charge is -2.31. The molecule has 4 nitrogen and oxygen atoms in total. The molecule has 1 aliphatic carbocycles. The van der Waals surface area contributed by atoms with Gasteiger partial charge in [-0.1, -0.05) is 6.92 Å². The standard InChI is InChI=1S/C17H25N3O/c1-4-13(2)20(9-10-21-3)17-15(12-18)11-14-7-5-6-8-16(14)19-17/h11,13H,4-10H2,1-3H3. The van der Waals surface area contributed by atoms with Gasteiger partial charge in [-0.15, -0.1) is 0 Å². The maximum Gasteiger partial charge on any atom is 0.147 e. The Balaban J connectivity index is 2.40. The van der Waals surface area contributed by atoms with Gasteiger partial charge in [-0.05, 0) is 50.7 Å². The van der Waals surface area contributed by atoms with Crippen molar-refractivity contribution in [3.8, 4) is 6.07 Å². The van der Waals surface area contributed by atoms with E-state index in [1.807, 2.05) is 0 Å². The third kappa shape index (κ3) is 3.54. The highest BCUT2D eigenvalue weighted by molar-refractivity contribution is 5.57. The average molecular weight is 287 g/mol. The number of aryl methyl sites for hydroxylation is 2. The van der Waals surface area contributed by atoms with Crippen molar-refractivity contribution < 1.29 is 4.74 Å². The first kappa shape index (κ1) is 15.8. The molecule has 0 amide bonds. The number of methoxy groups -OCH3 is 1. The lowest BCUT2D eigenvalue weighted by atomic mass is 9.94. The van der Waals surface area contributed by atoms with Crippen LogP contribution in [-0.4, -0.2) is 31.3 Å². The summed E-state index contributed by atoms with van der Waals surface area (Å²) >= 11 is 0. The van der Waals surface area contributed by atoms with Gasteiger partial charge in [0, 0.05) is 25.4 Å². The number of rotatable bonds is 6. The molecule has 0 spiro atoms. The highest BCUT2D eigenvalue weighted by atomic mass is 16.5. The molecular formula is C17H25N3O. The van der Waals surface area contributed by atoms with Crippen LogP contribution in [0.3, 0.4) is 0 Å². The SMILES string of the molecule is CCC(C)N(CCOC)c1nc2c(cc1C#N)CCCC2. The van der Waals surface area contributed by atoms with Crippen molar-refractivity contribution in [2.45, 2.75) is 52.0 Å². The minimum Gasteiger partial charge on any atom is -0.383 e. The number of ether oxygens (including phenoxy) is 1. The highest BCUT2D eigenvalue weighted by Gasteiger charge is 2.21. The molecule has 114 valence electrons. The van der Waals surface area contributed by atoms with Crippen LogP contribution in [0.15, 0.2) is 6.07 Å². The smallest absolute Gasteiger partial charge is 0.147 e. The number of aromatic nitrogens is 1. The van der Waals surface area contributed by atoms with Crippen LogP contribution < -0.4 is 4.90 Å². The summed E-state index contributed by atoms with van der Waals surface area (Å²) in [5.41, 5.74) is 3.14. The summed E-state index contributed by atoms with van der Waals surface area (Å²) in [6, 6.07) is 4.74. The van der Waals surface area contributed by atoms with Crippen molar-refractivity contribution >= 4 is 5.82 Å². The van der Waals surface area contributed by atoms with Gasteiger partial charge in [-0.3, -0.25) is 0 Å². The number of fused-ring (bicyclic) bond motifs is 1. The molecule has 0 fully saturated rings. The van der Waals surface area contributed by atoms with Crippen molar-refractivity contribution in [1.29, 1.82) is 5.26 Å². The normalized spacial score (nSPS) is 15.1. The predicted octanol–water partition coefficient (Wildman–Crippen LogP) is 3.08. The molecule has 1 aliphatic rings. The zero-order chi connectivity index (χ0) is 15.2. The van der Waals surface area contributed by atoms with E-state index in [1.54, 1.807) is 7.11 Å². The first-order chi connectivity index (χ1) is 10.2. The van der Waals surface area contributed by atoms with E-state index in [9.17, 15) is 5.26 Å². The zero-order valence-corrected chi connectivity index (χ0v) is 13.4. The number of pyridine rings is 1. The summed E-state index contributed by atoms with van der Waals surface area (Å²) in [6.07, 6.45) is 5.52. The summed E-state index contributed by atoms with van der Waals surface area (Å²) in [4.78, 5) is 7.07. The van der Waals surface area contributed by atoms with Gasteiger partial charge in [0.1, 0.15) is 11.9 Å². The summed E-state index contributed by atoms with van der Waals surface area (Å²) in [7, 11) is 1.71. The first-order valence-electron chi connectivity index (χ1n) is 7.89. The molecule has 1 aromatic heterocycles. The second-order valence-electron chi connectivity index (χ2n) is 5.73. The summed E-state index contributed by atoms with van der Waals surface area (Å²) in [5, 5.41) is 9.50. The van der Waals surface area contributed by atoms with E-state index >= 15 is 0 Å². The molecule has 21 heavy (non-hydrogen) atoms. The maximum absolute atomic E-state index is 9.50. The molecule has 0 saturated carbocycles. The van der Waals surface area contributed by atoms with E-state index in [2.05, 4.69) is 30.9 Å². The molecule has 2 rings (SSSR count). The number of nitrogens with zero attached hydrogens (tertiary/aromatic N) is 3. The van der Waals surface area contributed by atoms with E-state index in [-0.39, 0.29) is 0 Å². The van der Waals surface area contributed by atoms with E-state index in [4.69, 9.17) is 9.72 Å². The maximum atomic E-state index is 9.50. The van der Waals surface area contributed by atoms with Crippen LogP contribution in [0, 0.1) is 11.3 Å². The van der Waals surface area contributed by atoms with Crippen LogP contribution in [0.4, 0.5) is 5.82 Å². The molecule has 0 N–H and O–H groups in total. The van der Waals surface area contributed by atoms with Crippen molar-refractivity contribution in [3.63, 3.8) is 0 Å². The molecule has 0 aliphatic heterocycles. The number of anilines is 1. The Labute approximate surface area is 127 Å². The zero-order valence-electron chi connectivity index (χ0n) is 13.4. The van der Waals surface area contributed by atoms with Crippen molar-refractivity contribution in [1.82, 2.24) is 4.98 Å². The lowest BCUT2D eigenvalue weighted by Crippen LogP contribution is -2.37. The molecule has 0 aromatic carbocycles. The molecule has 4 heteroatoms. The minimum absolute atomic E-state index is 0.349. The van der Waals surface area contributed by atoms with Gasteiger partial charge in [0.15, 0.2) is 0 Å². The van der Waals surface area contributed by atoms with Gasteiger partial charge < -0.3 is 9.64 Å². The molecule has 0 radical (unpaired) electrons. The van der Waals surface area contributed by atoms with E-state index in [0.717, 1.165) is 31.6 Å². The van der Waals surface area contributed by atoms with Crippen LogP contribution in [0.25, 0.3) is 0 Å². The van der Waals surface area contributed by atoms with Gasteiger partial charge in [0.25, 0.3) is 0 Å². The molecule has 1 unspecified atom stereocenters. The second-order valence-corrected chi connectivity index (χ2v) is 5.73. The molecule has 1 atom stereocenters. The van der Waals surface area contributed by atoms with Crippen molar-refractivity contribution in [2.75, 3.05) is 25.2 Å². The van der Waals surface area contributed by atoms with Gasteiger partial charge in [-0.2, -0.15) is 5.26 Å². The Kier molecular flexibility index (Phi) is 5.58. The predicted molar refractivity (Wildman–Crippen MR) is 84.6 cm³/mol. The summed E-state index contributed by atoms with van der Waals surface area (Å²) in [5.74, 6) is 0.838. The van der Waals surface area contributed by atoms with Gasteiger partial charge >= 0.3 is 0 Å². The molecule has 0 bridgehead atoms. The Hall–Kier alpha value is -1.60. The molecular weight excluding hydrogens is 262 g/mol. The second kappa shape index (κ2) is 7.42. The van der Waals surface area contributed by atoms with Gasteiger partial charge in [-0.25, -0.2) is 4.98 Å². The van der Waals surface area contributed by atoms with Crippen molar-refractivity contribution in [2.24, 2.45) is 0 Å². The van der Waals surface area contributed by atoms with E-state index in [1.165, 1.54) is 24.1 Å². The number of hydrogen-bond acceptors (Lipinski definition) is 4. The van der Waals surface area contributed by atoms with Crippen LogP contribution in [0.1, 0.15) is 49.9 Å². The van der Waals surface area contributed by atoms with Crippen LogP contribution in [-0.2, 0) is 17.6 Å². The van der Waals surface area contributed by atoms with Crippen LogP contribution in [0.5, 0.6) is 0 Å². The third-order valence-electron chi connectivity index (χ3n) is 4.33. The van der Waals surface area contributed by atoms with Crippen LogP contribution >= 0.6 is 0 Å². The fourth-order valence-electron chi connectivity index (χ4n) is 2.87. The topological polar surface area (TPSA) is 49.1 Å². The number of nitriles is 1. The Morgan fingerprint density at radius 3 is 2.86 bits per heavy atom. The molecule has 1 heterocycles. The Bertz CT molecular complexity index is 522. The Morgan fingerprint density at radius 1 is 1.43 bits per heavy atom. The van der Waals surface area contributed by atoms with Gasteiger partial charge in [0.2, 0.25) is 0 Å². The van der Waals surface area contributed by atoms with Crippen molar-refractivity contribution in [3.05, 3.63) is 22.9 Å². The summed E-state index contributed by atoms with van der Waals surface area (Å²) < 4.78 is 5.22. The monoisotopic (exact) mass is 287 g/mol. The van der Waals surface area contributed by atoms with E-state index in [0.29, 0.717) is 18.2 Å². The van der Waals surface area contributed by atoms with E-state index < -0.39 is 0 Å². The molecule has 0 saturated heterocycles. The average Bonchev–Trinajstić information content (AvgIpc) is 2.54. The highest BCUT2D eigenvalue weighted by Crippen LogP contribution is 2.27. The third-order valence-corrected chi connectivity index (χ3v) is 4.33. The quantitative estimate of drug-likeness (QED) is 0.806.